The molecule has 0 aliphatic carbocycles. The summed E-state index contributed by atoms with van der Waals surface area (Å²) in [6, 6.07) is 14.3. The van der Waals surface area contributed by atoms with E-state index >= 15 is 0 Å². The Bertz CT molecular complexity index is 589. The highest BCUT2D eigenvalue weighted by Gasteiger charge is 2.08. The van der Waals surface area contributed by atoms with E-state index in [1.807, 2.05) is 25.3 Å². The molecule has 1 unspecified atom stereocenters. The van der Waals surface area contributed by atoms with E-state index in [1.165, 1.54) is 5.56 Å². The Labute approximate surface area is 120 Å². The summed E-state index contributed by atoms with van der Waals surface area (Å²) in [5.74, 6) is 0. The van der Waals surface area contributed by atoms with Crippen LogP contribution in [0.2, 0.25) is 0 Å². The number of hydrogen-bond donors (Lipinski definition) is 1. The quantitative estimate of drug-likeness (QED) is 0.874. The highest BCUT2D eigenvalue weighted by Crippen LogP contribution is 2.12. The molecule has 1 N–H and O–H groups in total. The Morgan fingerprint density at radius 3 is 2.50 bits per heavy atom. The largest absolute Gasteiger partial charge is 0.381 e. The first kappa shape index (κ1) is 14.4. The van der Waals surface area contributed by atoms with Crippen LogP contribution in [0.4, 0.5) is 5.69 Å². The highest BCUT2D eigenvalue weighted by atomic mass is 16.1. The fraction of sp³-hybridized carbons (Fsp3) is 0.353. The van der Waals surface area contributed by atoms with Crippen molar-refractivity contribution < 1.29 is 0 Å². The van der Waals surface area contributed by atoms with Crippen LogP contribution >= 0.6 is 0 Å². The number of rotatable bonds is 6. The number of benzene rings is 1. The molecule has 1 atom stereocenters. The Kier molecular flexibility index (Phi) is 4.99. The van der Waals surface area contributed by atoms with E-state index in [9.17, 15) is 4.79 Å². The lowest BCUT2D eigenvalue weighted by Gasteiger charge is -2.19. The summed E-state index contributed by atoms with van der Waals surface area (Å²) in [5.41, 5.74) is 2.39. The molecule has 1 heterocycles. The van der Waals surface area contributed by atoms with E-state index in [1.54, 1.807) is 10.6 Å². The van der Waals surface area contributed by atoms with Crippen molar-refractivity contribution in [2.45, 2.75) is 39.3 Å². The molecule has 0 fully saturated rings. The van der Waals surface area contributed by atoms with Gasteiger partial charge in [0.25, 0.3) is 5.56 Å². The van der Waals surface area contributed by atoms with Gasteiger partial charge in [0.2, 0.25) is 0 Å². The molecule has 0 saturated carbocycles. The number of nitrogens with zero attached hydrogens (tertiary/aromatic N) is 1. The van der Waals surface area contributed by atoms with Crippen LogP contribution in [0.5, 0.6) is 0 Å². The number of pyridine rings is 1. The molecule has 0 saturated heterocycles. The molecule has 2 aromatic rings. The lowest BCUT2D eigenvalue weighted by Crippen LogP contribution is -2.24. The Morgan fingerprint density at radius 1 is 1.10 bits per heavy atom. The molecule has 0 spiro atoms. The van der Waals surface area contributed by atoms with Crippen molar-refractivity contribution in [2.24, 2.45) is 0 Å². The number of anilines is 1. The maximum absolute atomic E-state index is 11.6. The summed E-state index contributed by atoms with van der Waals surface area (Å²) < 4.78 is 1.72. The van der Waals surface area contributed by atoms with Crippen LogP contribution in [0.15, 0.2) is 53.5 Å². The second kappa shape index (κ2) is 6.94. The molecule has 2 rings (SSSR count). The van der Waals surface area contributed by atoms with E-state index < -0.39 is 0 Å². The normalized spacial score (nSPS) is 12.1. The zero-order valence-corrected chi connectivity index (χ0v) is 12.2. The fourth-order valence-electron chi connectivity index (χ4n) is 2.30. The average molecular weight is 270 g/mol. The van der Waals surface area contributed by atoms with E-state index in [-0.39, 0.29) is 5.56 Å². The molecule has 1 aromatic carbocycles. The van der Waals surface area contributed by atoms with Crippen LogP contribution < -0.4 is 10.9 Å². The minimum Gasteiger partial charge on any atom is -0.381 e. The Hall–Kier alpha value is -2.03. The third kappa shape index (κ3) is 3.73. The minimum atomic E-state index is 0.0501. The third-order valence-corrected chi connectivity index (χ3v) is 3.51. The van der Waals surface area contributed by atoms with Gasteiger partial charge in [-0.05, 0) is 31.4 Å². The molecule has 0 bridgehead atoms. The standard InChI is InChI=1S/C17H22N2O/c1-3-15(12-14-8-6-5-7-9-14)18-16-10-11-17(20)19(4-2)13-16/h5-11,13,15,18H,3-4,12H2,1-2H3. The molecular formula is C17H22N2O. The highest BCUT2D eigenvalue weighted by molar-refractivity contribution is 5.41. The van der Waals surface area contributed by atoms with Crippen LogP contribution in [-0.2, 0) is 13.0 Å². The Morgan fingerprint density at radius 2 is 1.85 bits per heavy atom. The van der Waals surface area contributed by atoms with Crippen LogP contribution in [-0.4, -0.2) is 10.6 Å². The van der Waals surface area contributed by atoms with Crippen molar-refractivity contribution in [1.29, 1.82) is 0 Å². The number of aryl methyl sites for hydroxylation is 1. The predicted molar refractivity (Wildman–Crippen MR) is 84.2 cm³/mol. The second-order valence-corrected chi connectivity index (χ2v) is 4.98. The lowest BCUT2D eigenvalue weighted by atomic mass is 10.0. The van der Waals surface area contributed by atoms with Crippen molar-refractivity contribution in [1.82, 2.24) is 4.57 Å². The van der Waals surface area contributed by atoms with Gasteiger partial charge in [0.1, 0.15) is 0 Å². The summed E-state index contributed by atoms with van der Waals surface area (Å²) in [6.45, 7) is 4.85. The van der Waals surface area contributed by atoms with Gasteiger partial charge in [0, 0.05) is 24.8 Å². The van der Waals surface area contributed by atoms with Gasteiger partial charge in [-0.1, -0.05) is 37.3 Å². The van der Waals surface area contributed by atoms with Crippen LogP contribution in [0.1, 0.15) is 25.8 Å². The van der Waals surface area contributed by atoms with Crippen molar-refractivity contribution in [2.75, 3.05) is 5.32 Å². The summed E-state index contributed by atoms with van der Waals surface area (Å²) in [7, 11) is 0. The second-order valence-electron chi connectivity index (χ2n) is 4.98. The maximum Gasteiger partial charge on any atom is 0.250 e. The average Bonchev–Trinajstić information content (AvgIpc) is 2.49. The van der Waals surface area contributed by atoms with Gasteiger partial charge in [-0.2, -0.15) is 0 Å². The van der Waals surface area contributed by atoms with Crippen molar-refractivity contribution in [3.05, 3.63) is 64.6 Å². The van der Waals surface area contributed by atoms with E-state index in [0.29, 0.717) is 12.6 Å². The van der Waals surface area contributed by atoms with Gasteiger partial charge in [0.05, 0.1) is 5.69 Å². The topological polar surface area (TPSA) is 34.0 Å². The maximum atomic E-state index is 11.6. The molecule has 0 aliphatic heterocycles. The monoisotopic (exact) mass is 270 g/mol. The van der Waals surface area contributed by atoms with E-state index in [0.717, 1.165) is 18.5 Å². The van der Waals surface area contributed by atoms with Crippen molar-refractivity contribution in [3.8, 4) is 0 Å². The first-order valence-electron chi connectivity index (χ1n) is 7.24. The molecule has 0 aliphatic rings. The van der Waals surface area contributed by atoms with Gasteiger partial charge < -0.3 is 9.88 Å². The van der Waals surface area contributed by atoms with Gasteiger partial charge in [-0.3, -0.25) is 4.79 Å². The van der Waals surface area contributed by atoms with Crippen LogP contribution in [0, 0.1) is 0 Å². The third-order valence-electron chi connectivity index (χ3n) is 3.51. The fourth-order valence-corrected chi connectivity index (χ4v) is 2.30. The molecule has 20 heavy (non-hydrogen) atoms. The minimum absolute atomic E-state index is 0.0501. The van der Waals surface area contributed by atoms with Crippen molar-refractivity contribution >= 4 is 5.69 Å². The van der Waals surface area contributed by atoms with E-state index in [2.05, 4.69) is 36.5 Å². The molecule has 3 nitrogen and oxygen atoms in total. The van der Waals surface area contributed by atoms with Gasteiger partial charge in [-0.15, -0.1) is 0 Å². The molecule has 1 aromatic heterocycles. The first-order chi connectivity index (χ1) is 9.72. The smallest absolute Gasteiger partial charge is 0.250 e. The number of aromatic nitrogens is 1. The SMILES string of the molecule is CCC(Cc1ccccc1)Nc1ccc(=O)n(CC)c1. The molecule has 106 valence electrons. The molecule has 0 amide bonds. The van der Waals surface area contributed by atoms with Crippen LogP contribution in [0.25, 0.3) is 0 Å². The molecule has 3 heteroatoms. The van der Waals surface area contributed by atoms with E-state index in [4.69, 9.17) is 0 Å². The van der Waals surface area contributed by atoms with Gasteiger partial charge in [0.15, 0.2) is 0 Å². The zero-order valence-electron chi connectivity index (χ0n) is 12.2. The summed E-state index contributed by atoms with van der Waals surface area (Å²) >= 11 is 0. The predicted octanol–water partition coefficient (Wildman–Crippen LogP) is 3.30. The summed E-state index contributed by atoms with van der Waals surface area (Å²) in [5, 5.41) is 3.52. The van der Waals surface area contributed by atoms with Gasteiger partial charge >= 0.3 is 0 Å². The van der Waals surface area contributed by atoms with Crippen molar-refractivity contribution in [3.63, 3.8) is 0 Å². The first-order valence-corrected chi connectivity index (χ1v) is 7.24. The summed E-state index contributed by atoms with van der Waals surface area (Å²) in [4.78, 5) is 11.6. The van der Waals surface area contributed by atoms with Crippen LogP contribution in [0.3, 0.4) is 0 Å². The zero-order chi connectivity index (χ0) is 14.4. The van der Waals surface area contributed by atoms with Gasteiger partial charge in [-0.25, -0.2) is 0 Å². The number of nitrogens with one attached hydrogen (secondary N) is 1. The Balaban J connectivity index is 2.08. The lowest BCUT2D eigenvalue weighted by molar-refractivity contribution is 0.682. The summed E-state index contributed by atoms with van der Waals surface area (Å²) in [6.07, 6.45) is 3.93. The molecular weight excluding hydrogens is 248 g/mol. The molecule has 0 radical (unpaired) electrons. The number of hydrogen-bond acceptors (Lipinski definition) is 2.